The van der Waals surface area contributed by atoms with Crippen LogP contribution in [-0.2, 0) is 11.8 Å². The summed E-state index contributed by atoms with van der Waals surface area (Å²) < 4.78 is 6.86. The Bertz CT molecular complexity index is 598. The maximum atomic E-state index is 11.7. The Labute approximate surface area is 120 Å². The van der Waals surface area contributed by atoms with Crippen molar-refractivity contribution in [2.75, 3.05) is 11.9 Å². The van der Waals surface area contributed by atoms with Crippen LogP contribution in [0.15, 0.2) is 30.5 Å². The zero-order valence-corrected chi connectivity index (χ0v) is 11.6. The Morgan fingerprint density at radius 1 is 1.42 bits per heavy atom. The molecule has 0 aliphatic heterocycles. The number of rotatable bonds is 4. The molecule has 0 saturated carbocycles. The number of ether oxygens (including phenoxy) is 1. The number of nitrogens with zero attached hydrogens (tertiary/aromatic N) is 2. The van der Waals surface area contributed by atoms with E-state index in [2.05, 4.69) is 10.4 Å². The second-order valence-electron chi connectivity index (χ2n) is 3.75. The predicted octanol–water partition coefficient (Wildman–Crippen LogP) is 2.74. The van der Waals surface area contributed by atoms with E-state index in [1.165, 1.54) is 0 Å². The molecule has 2 rings (SSSR count). The average molecular weight is 300 g/mol. The molecule has 0 spiro atoms. The summed E-state index contributed by atoms with van der Waals surface area (Å²) in [6.07, 6.45) is 1.59. The summed E-state index contributed by atoms with van der Waals surface area (Å²) in [6, 6.07) is 6.49. The number of benzene rings is 1. The lowest BCUT2D eigenvalue weighted by Gasteiger charge is -2.08. The zero-order valence-electron chi connectivity index (χ0n) is 10.1. The molecule has 100 valence electrons. The smallest absolute Gasteiger partial charge is 0.263 e. The van der Waals surface area contributed by atoms with Gasteiger partial charge in [0, 0.05) is 18.1 Å². The minimum Gasteiger partial charge on any atom is -0.482 e. The zero-order chi connectivity index (χ0) is 13.8. The highest BCUT2D eigenvalue weighted by Gasteiger charge is 2.08. The second kappa shape index (κ2) is 5.95. The highest BCUT2D eigenvalue weighted by atomic mass is 35.5. The van der Waals surface area contributed by atoms with Crippen LogP contribution in [0.5, 0.6) is 5.75 Å². The first-order chi connectivity index (χ1) is 9.06. The molecule has 0 aliphatic carbocycles. The Morgan fingerprint density at radius 2 is 2.21 bits per heavy atom. The minimum absolute atomic E-state index is 0.146. The molecule has 1 amide bonds. The Balaban J connectivity index is 1.92. The molecular formula is C12H11Cl2N3O2. The number of carbonyl (C=O) groups is 1. The highest BCUT2D eigenvalue weighted by molar-refractivity contribution is 6.35. The van der Waals surface area contributed by atoms with Crippen LogP contribution in [0, 0.1) is 0 Å². The van der Waals surface area contributed by atoms with Gasteiger partial charge in [0.2, 0.25) is 0 Å². The van der Waals surface area contributed by atoms with Gasteiger partial charge < -0.3 is 10.1 Å². The Morgan fingerprint density at radius 3 is 2.84 bits per heavy atom. The van der Waals surface area contributed by atoms with Crippen molar-refractivity contribution in [1.82, 2.24) is 9.78 Å². The number of carbonyl (C=O) groups excluding carboxylic acids is 1. The summed E-state index contributed by atoms with van der Waals surface area (Å²) in [6.45, 7) is -0.146. The van der Waals surface area contributed by atoms with E-state index in [1.54, 1.807) is 42.2 Å². The van der Waals surface area contributed by atoms with E-state index >= 15 is 0 Å². The van der Waals surface area contributed by atoms with Crippen molar-refractivity contribution in [2.45, 2.75) is 0 Å². The molecule has 0 bridgehead atoms. The first-order valence-corrected chi connectivity index (χ1v) is 6.17. The van der Waals surface area contributed by atoms with Gasteiger partial charge in [0.05, 0.1) is 11.2 Å². The summed E-state index contributed by atoms with van der Waals surface area (Å²) in [4.78, 5) is 11.7. The van der Waals surface area contributed by atoms with Gasteiger partial charge in [-0.15, -0.1) is 0 Å². The third-order valence-corrected chi connectivity index (χ3v) is 2.87. The number of aromatic nitrogens is 2. The van der Waals surface area contributed by atoms with E-state index in [9.17, 15) is 4.79 Å². The lowest BCUT2D eigenvalue weighted by atomic mass is 10.3. The molecule has 1 aromatic heterocycles. The first kappa shape index (κ1) is 13.7. The molecule has 0 atom stereocenters. The normalized spacial score (nSPS) is 10.3. The lowest BCUT2D eigenvalue weighted by molar-refractivity contribution is -0.118. The number of halogens is 2. The monoisotopic (exact) mass is 299 g/mol. The van der Waals surface area contributed by atoms with E-state index in [-0.39, 0.29) is 12.5 Å². The third kappa shape index (κ3) is 3.62. The molecule has 1 heterocycles. The Kier molecular flexibility index (Phi) is 4.29. The SMILES string of the molecule is Cn1nccc1NC(=O)COc1ccc(Cl)cc1Cl. The van der Waals surface area contributed by atoms with E-state index in [0.717, 1.165) is 0 Å². The lowest BCUT2D eigenvalue weighted by Crippen LogP contribution is -2.21. The first-order valence-electron chi connectivity index (χ1n) is 5.42. The van der Waals surface area contributed by atoms with Crippen LogP contribution in [0.25, 0.3) is 0 Å². The average Bonchev–Trinajstić information content (AvgIpc) is 2.74. The number of aryl methyl sites for hydroxylation is 1. The molecular weight excluding hydrogens is 289 g/mol. The van der Waals surface area contributed by atoms with Gasteiger partial charge >= 0.3 is 0 Å². The molecule has 0 aliphatic rings. The van der Waals surface area contributed by atoms with Gasteiger partial charge in [0.25, 0.3) is 5.91 Å². The van der Waals surface area contributed by atoms with Crippen molar-refractivity contribution in [3.63, 3.8) is 0 Å². The topological polar surface area (TPSA) is 56.2 Å². The molecule has 0 saturated heterocycles. The maximum absolute atomic E-state index is 11.7. The molecule has 2 aromatic rings. The fourth-order valence-electron chi connectivity index (χ4n) is 1.41. The van der Waals surface area contributed by atoms with Crippen molar-refractivity contribution in [3.8, 4) is 5.75 Å². The van der Waals surface area contributed by atoms with E-state index in [0.29, 0.717) is 21.6 Å². The summed E-state index contributed by atoms with van der Waals surface area (Å²) in [7, 11) is 1.73. The molecule has 7 heteroatoms. The van der Waals surface area contributed by atoms with Gasteiger partial charge in [-0.05, 0) is 18.2 Å². The molecule has 0 unspecified atom stereocenters. The molecule has 19 heavy (non-hydrogen) atoms. The van der Waals surface area contributed by atoms with E-state index in [1.807, 2.05) is 0 Å². The summed E-state index contributed by atoms with van der Waals surface area (Å²) in [5.74, 6) is 0.705. The number of hydrogen-bond acceptors (Lipinski definition) is 3. The molecule has 1 aromatic carbocycles. The van der Waals surface area contributed by atoms with Crippen molar-refractivity contribution < 1.29 is 9.53 Å². The van der Waals surface area contributed by atoms with Crippen LogP contribution < -0.4 is 10.1 Å². The second-order valence-corrected chi connectivity index (χ2v) is 4.60. The van der Waals surface area contributed by atoms with Crippen molar-refractivity contribution in [3.05, 3.63) is 40.5 Å². The quantitative estimate of drug-likeness (QED) is 0.944. The van der Waals surface area contributed by atoms with Crippen LogP contribution in [0.3, 0.4) is 0 Å². The largest absolute Gasteiger partial charge is 0.482 e. The predicted molar refractivity (Wildman–Crippen MR) is 73.8 cm³/mol. The third-order valence-electron chi connectivity index (χ3n) is 2.34. The van der Waals surface area contributed by atoms with Gasteiger partial charge in [-0.25, -0.2) is 0 Å². The van der Waals surface area contributed by atoms with Crippen LogP contribution in [0.1, 0.15) is 0 Å². The minimum atomic E-state index is -0.297. The van der Waals surface area contributed by atoms with E-state index in [4.69, 9.17) is 27.9 Å². The number of amides is 1. The summed E-state index contributed by atoms with van der Waals surface area (Å²) in [5.41, 5.74) is 0. The number of anilines is 1. The van der Waals surface area contributed by atoms with Crippen LogP contribution in [0.2, 0.25) is 10.0 Å². The summed E-state index contributed by atoms with van der Waals surface area (Å²) >= 11 is 11.7. The molecule has 0 fully saturated rings. The standard InChI is InChI=1S/C12H11Cl2N3O2/c1-17-11(4-5-15-17)16-12(18)7-19-10-3-2-8(13)6-9(10)14/h2-6H,7H2,1H3,(H,16,18). The van der Waals surface area contributed by atoms with Crippen LogP contribution in [-0.4, -0.2) is 22.3 Å². The summed E-state index contributed by atoms with van der Waals surface area (Å²) in [5, 5.41) is 7.47. The van der Waals surface area contributed by atoms with Crippen molar-refractivity contribution >= 4 is 34.9 Å². The maximum Gasteiger partial charge on any atom is 0.263 e. The highest BCUT2D eigenvalue weighted by Crippen LogP contribution is 2.27. The Hall–Kier alpha value is -1.72. The van der Waals surface area contributed by atoms with Crippen molar-refractivity contribution in [1.29, 1.82) is 0 Å². The van der Waals surface area contributed by atoms with E-state index < -0.39 is 0 Å². The number of hydrogen-bond donors (Lipinski definition) is 1. The van der Waals surface area contributed by atoms with Crippen molar-refractivity contribution in [2.24, 2.45) is 7.05 Å². The molecule has 1 N–H and O–H groups in total. The van der Waals surface area contributed by atoms with Gasteiger partial charge in [0.1, 0.15) is 11.6 Å². The van der Waals surface area contributed by atoms with Gasteiger partial charge in [0.15, 0.2) is 6.61 Å². The molecule has 0 radical (unpaired) electrons. The van der Waals surface area contributed by atoms with Crippen LogP contribution >= 0.6 is 23.2 Å². The van der Waals surface area contributed by atoms with Gasteiger partial charge in [-0.1, -0.05) is 23.2 Å². The number of nitrogens with one attached hydrogen (secondary N) is 1. The molecule has 5 nitrogen and oxygen atoms in total. The van der Waals surface area contributed by atoms with Crippen LogP contribution in [0.4, 0.5) is 5.82 Å². The fraction of sp³-hybridized carbons (Fsp3) is 0.167. The fourth-order valence-corrected chi connectivity index (χ4v) is 1.87. The van der Waals surface area contributed by atoms with Gasteiger partial charge in [-0.3, -0.25) is 9.48 Å². The van der Waals surface area contributed by atoms with Gasteiger partial charge in [-0.2, -0.15) is 5.10 Å².